The lowest BCUT2D eigenvalue weighted by molar-refractivity contribution is 0.102. The summed E-state index contributed by atoms with van der Waals surface area (Å²) < 4.78 is 1.64. The maximum absolute atomic E-state index is 12.3. The van der Waals surface area contributed by atoms with Crippen LogP contribution in [0.4, 0.5) is 5.69 Å². The van der Waals surface area contributed by atoms with Crippen LogP contribution in [0.3, 0.4) is 0 Å². The standard InChI is InChI=1S/C15H13Br2NO2/c1-9(19)13-4-2-3-5-14(13)18-15(20)10-6-11(16)8-12(17)7-10/h2-9,19H,1H3,(H,18,20). The predicted octanol–water partition coefficient (Wildman–Crippen LogP) is 4.52. The fraction of sp³-hybridized carbons (Fsp3) is 0.133. The number of hydrogen-bond acceptors (Lipinski definition) is 2. The minimum atomic E-state index is -0.638. The Morgan fingerprint density at radius 3 is 2.35 bits per heavy atom. The zero-order valence-electron chi connectivity index (χ0n) is 10.7. The monoisotopic (exact) mass is 397 g/mol. The highest BCUT2D eigenvalue weighted by Gasteiger charge is 2.12. The quantitative estimate of drug-likeness (QED) is 0.798. The van der Waals surface area contributed by atoms with Crippen molar-refractivity contribution in [1.29, 1.82) is 0 Å². The third kappa shape index (κ3) is 3.69. The van der Waals surface area contributed by atoms with Crippen molar-refractivity contribution in [3.05, 3.63) is 62.5 Å². The number of nitrogens with one attached hydrogen (secondary N) is 1. The van der Waals surface area contributed by atoms with E-state index in [0.717, 1.165) is 8.95 Å². The molecule has 0 aromatic heterocycles. The second kappa shape index (κ2) is 6.52. The van der Waals surface area contributed by atoms with Gasteiger partial charge in [0, 0.05) is 25.8 Å². The summed E-state index contributed by atoms with van der Waals surface area (Å²) in [5, 5.41) is 12.5. The van der Waals surface area contributed by atoms with E-state index in [1.807, 2.05) is 18.2 Å². The Morgan fingerprint density at radius 1 is 1.15 bits per heavy atom. The van der Waals surface area contributed by atoms with E-state index in [-0.39, 0.29) is 5.91 Å². The minimum absolute atomic E-state index is 0.222. The molecule has 2 rings (SSSR count). The van der Waals surface area contributed by atoms with Crippen molar-refractivity contribution in [2.45, 2.75) is 13.0 Å². The van der Waals surface area contributed by atoms with Crippen LogP contribution in [-0.4, -0.2) is 11.0 Å². The maximum atomic E-state index is 12.3. The van der Waals surface area contributed by atoms with Gasteiger partial charge in [0.15, 0.2) is 0 Å². The van der Waals surface area contributed by atoms with Gasteiger partial charge in [0.2, 0.25) is 0 Å². The molecule has 0 spiro atoms. The highest BCUT2D eigenvalue weighted by Crippen LogP contribution is 2.24. The van der Waals surface area contributed by atoms with Gasteiger partial charge in [0.1, 0.15) is 0 Å². The predicted molar refractivity (Wildman–Crippen MR) is 86.9 cm³/mol. The van der Waals surface area contributed by atoms with Crippen LogP contribution < -0.4 is 5.32 Å². The summed E-state index contributed by atoms with van der Waals surface area (Å²) in [6.07, 6.45) is -0.638. The molecular weight excluding hydrogens is 386 g/mol. The van der Waals surface area contributed by atoms with Gasteiger partial charge in [0.05, 0.1) is 6.10 Å². The number of carbonyl (C=O) groups is 1. The molecule has 0 saturated carbocycles. The number of para-hydroxylation sites is 1. The number of carbonyl (C=O) groups excluding carboxylic acids is 1. The van der Waals surface area contributed by atoms with E-state index in [2.05, 4.69) is 37.2 Å². The zero-order valence-corrected chi connectivity index (χ0v) is 13.9. The summed E-state index contributed by atoms with van der Waals surface area (Å²) >= 11 is 6.71. The molecule has 0 aliphatic rings. The first kappa shape index (κ1) is 15.2. The molecule has 0 saturated heterocycles. The Bertz CT molecular complexity index is 621. The van der Waals surface area contributed by atoms with E-state index in [1.54, 1.807) is 31.2 Å². The summed E-state index contributed by atoms with van der Waals surface area (Å²) in [5.74, 6) is -0.222. The van der Waals surface area contributed by atoms with E-state index < -0.39 is 6.10 Å². The van der Waals surface area contributed by atoms with Crippen molar-refractivity contribution in [2.24, 2.45) is 0 Å². The summed E-state index contributed by atoms with van der Waals surface area (Å²) in [4.78, 5) is 12.3. The molecule has 0 heterocycles. The van der Waals surface area contributed by atoms with Gasteiger partial charge < -0.3 is 10.4 Å². The number of hydrogen-bond donors (Lipinski definition) is 2. The average molecular weight is 399 g/mol. The molecule has 0 fully saturated rings. The first-order chi connectivity index (χ1) is 9.47. The molecular formula is C15H13Br2NO2. The molecule has 20 heavy (non-hydrogen) atoms. The molecule has 5 heteroatoms. The summed E-state index contributed by atoms with van der Waals surface area (Å²) in [7, 11) is 0. The normalized spacial score (nSPS) is 12.0. The van der Waals surface area contributed by atoms with Gasteiger partial charge in [-0.25, -0.2) is 0 Å². The van der Waals surface area contributed by atoms with Crippen molar-refractivity contribution in [3.8, 4) is 0 Å². The number of anilines is 1. The molecule has 1 unspecified atom stereocenters. The molecule has 0 radical (unpaired) electrons. The summed E-state index contributed by atoms with van der Waals surface area (Å²) in [6, 6.07) is 12.5. The van der Waals surface area contributed by atoms with Gasteiger partial charge in [-0.1, -0.05) is 50.1 Å². The van der Waals surface area contributed by atoms with Crippen LogP contribution in [0.5, 0.6) is 0 Å². The lowest BCUT2D eigenvalue weighted by Crippen LogP contribution is -2.14. The van der Waals surface area contributed by atoms with E-state index in [0.29, 0.717) is 16.8 Å². The van der Waals surface area contributed by atoms with Crippen molar-refractivity contribution in [1.82, 2.24) is 0 Å². The summed E-state index contributed by atoms with van der Waals surface area (Å²) in [5.41, 5.74) is 1.84. The Labute approximate surface area is 134 Å². The molecule has 104 valence electrons. The lowest BCUT2D eigenvalue weighted by Gasteiger charge is -2.13. The average Bonchev–Trinajstić information content (AvgIpc) is 2.37. The van der Waals surface area contributed by atoms with E-state index in [9.17, 15) is 9.90 Å². The van der Waals surface area contributed by atoms with Crippen molar-refractivity contribution >= 4 is 43.5 Å². The topological polar surface area (TPSA) is 49.3 Å². The fourth-order valence-corrected chi connectivity index (χ4v) is 3.15. The highest BCUT2D eigenvalue weighted by molar-refractivity contribution is 9.11. The van der Waals surface area contributed by atoms with Crippen LogP contribution in [0.15, 0.2) is 51.4 Å². The Hall–Kier alpha value is -1.17. The second-order valence-electron chi connectivity index (χ2n) is 4.38. The number of aliphatic hydroxyl groups excluding tert-OH is 1. The summed E-state index contributed by atoms with van der Waals surface area (Å²) in [6.45, 7) is 1.67. The van der Waals surface area contributed by atoms with Gasteiger partial charge in [-0.2, -0.15) is 0 Å². The molecule has 0 bridgehead atoms. The minimum Gasteiger partial charge on any atom is -0.389 e. The van der Waals surface area contributed by atoms with Crippen LogP contribution in [0.2, 0.25) is 0 Å². The molecule has 3 nitrogen and oxygen atoms in total. The molecule has 0 aliphatic carbocycles. The molecule has 0 aliphatic heterocycles. The number of aliphatic hydroxyl groups is 1. The van der Waals surface area contributed by atoms with Crippen molar-refractivity contribution < 1.29 is 9.90 Å². The molecule has 2 N–H and O–H groups in total. The first-order valence-electron chi connectivity index (χ1n) is 6.02. The highest BCUT2D eigenvalue weighted by atomic mass is 79.9. The van der Waals surface area contributed by atoms with Crippen molar-refractivity contribution in [3.63, 3.8) is 0 Å². The number of halogens is 2. The van der Waals surface area contributed by atoms with Crippen LogP contribution in [0, 0.1) is 0 Å². The SMILES string of the molecule is CC(O)c1ccccc1NC(=O)c1cc(Br)cc(Br)c1. The number of amides is 1. The molecule has 2 aromatic rings. The maximum Gasteiger partial charge on any atom is 0.255 e. The number of rotatable bonds is 3. The van der Waals surface area contributed by atoms with Gasteiger partial charge in [-0.05, 0) is 31.2 Å². The van der Waals surface area contributed by atoms with Crippen LogP contribution >= 0.6 is 31.9 Å². The third-order valence-corrected chi connectivity index (χ3v) is 3.70. The Morgan fingerprint density at radius 2 is 1.75 bits per heavy atom. The zero-order chi connectivity index (χ0) is 14.7. The Kier molecular flexibility index (Phi) is 4.96. The van der Waals surface area contributed by atoms with Gasteiger partial charge in [0.25, 0.3) is 5.91 Å². The fourth-order valence-electron chi connectivity index (χ4n) is 1.85. The van der Waals surface area contributed by atoms with Crippen molar-refractivity contribution in [2.75, 3.05) is 5.32 Å². The van der Waals surface area contributed by atoms with Crippen LogP contribution in [0.1, 0.15) is 28.9 Å². The largest absolute Gasteiger partial charge is 0.389 e. The smallest absolute Gasteiger partial charge is 0.255 e. The van der Waals surface area contributed by atoms with E-state index >= 15 is 0 Å². The van der Waals surface area contributed by atoms with Gasteiger partial charge in [-0.15, -0.1) is 0 Å². The van der Waals surface area contributed by atoms with Gasteiger partial charge in [-0.3, -0.25) is 4.79 Å². The lowest BCUT2D eigenvalue weighted by atomic mass is 10.1. The second-order valence-corrected chi connectivity index (χ2v) is 6.21. The van der Waals surface area contributed by atoms with E-state index in [1.165, 1.54) is 0 Å². The Balaban J connectivity index is 2.28. The first-order valence-corrected chi connectivity index (χ1v) is 7.60. The molecule has 2 aromatic carbocycles. The molecule has 1 amide bonds. The molecule has 1 atom stereocenters. The third-order valence-electron chi connectivity index (χ3n) is 2.78. The van der Waals surface area contributed by atoms with E-state index in [4.69, 9.17) is 0 Å². The van der Waals surface area contributed by atoms with Crippen LogP contribution in [0.25, 0.3) is 0 Å². The number of benzene rings is 2. The van der Waals surface area contributed by atoms with Gasteiger partial charge >= 0.3 is 0 Å². The van der Waals surface area contributed by atoms with Crippen LogP contribution in [-0.2, 0) is 0 Å².